The van der Waals surface area contributed by atoms with E-state index in [0.717, 1.165) is 56.9 Å². The van der Waals surface area contributed by atoms with Gasteiger partial charge in [0.1, 0.15) is 5.69 Å². The fourth-order valence-electron chi connectivity index (χ4n) is 4.63. The van der Waals surface area contributed by atoms with Gasteiger partial charge in [-0.15, -0.1) is 11.3 Å². The number of amides is 1. The van der Waals surface area contributed by atoms with Crippen molar-refractivity contribution < 1.29 is 4.79 Å². The van der Waals surface area contributed by atoms with E-state index in [1.165, 1.54) is 16.5 Å². The zero-order valence-electron chi connectivity index (χ0n) is 16.0. The molecule has 6 heteroatoms. The smallest absolute Gasteiger partial charge is 0.273 e. The SMILES string of the molecule is O=C(c1csc(C2CCNCC2)n1)N1CCC(c2c[nH]c3ccccc23)CC1. The first-order valence-electron chi connectivity index (χ1n) is 10.3. The van der Waals surface area contributed by atoms with Crippen LogP contribution in [0.1, 0.15) is 58.6 Å². The van der Waals surface area contributed by atoms with Crippen molar-refractivity contribution in [2.24, 2.45) is 0 Å². The van der Waals surface area contributed by atoms with Gasteiger partial charge in [-0.2, -0.15) is 0 Å². The number of benzene rings is 1. The lowest BCUT2D eigenvalue weighted by molar-refractivity contribution is 0.0708. The number of para-hydroxylation sites is 1. The third kappa shape index (κ3) is 3.35. The van der Waals surface area contributed by atoms with Gasteiger partial charge in [-0.05, 0) is 56.3 Å². The molecule has 4 heterocycles. The first kappa shape index (κ1) is 17.9. The molecule has 2 aliphatic rings. The van der Waals surface area contributed by atoms with Crippen LogP contribution in [0.5, 0.6) is 0 Å². The van der Waals surface area contributed by atoms with Gasteiger partial charge in [0.2, 0.25) is 0 Å². The Hall–Kier alpha value is -2.18. The van der Waals surface area contributed by atoms with Crippen molar-refractivity contribution in [1.82, 2.24) is 20.2 Å². The maximum atomic E-state index is 13.0. The molecule has 0 saturated carbocycles. The number of hydrogen-bond donors (Lipinski definition) is 2. The van der Waals surface area contributed by atoms with Crippen molar-refractivity contribution in [2.75, 3.05) is 26.2 Å². The Morgan fingerprint density at radius 1 is 1.07 bits per heavy atom. The van der Waals surface area contributed by atoms with Crippen molar-refractivity contribution in [3.63, 3.8) is 0 Å². The molecule has 0 atom stereocenters. The van der Waals surface area contributed by atoms with Crippen LogP contribution in [-0.2, 0) is 0 Å². The van der Waals surface area contributed by atoms with Gasteiger partial charge in [0.05, 0.1) is 5.01 Å². The molecule has 0 bridgehead atoms. The van der Waals surface area contributed by atoms with Gasteiger partial charge in [0.25, 0.3) is 5.91 Å². The van der Waals surface area contributed by atoms with Gasteiger partial charge in [0.15, 0.2) is 0 Å². The number of nitrogens with zero attached hydrogens (tertiary/aromatic N) is 2. The Morgan fingerprint density at radius 3 is 2.68 bits per heavy atom. The van der Waals surface area contributed by atoms with Gasteiger partial charge >= 0.3 is 0 Å². The van der Waals surface area contributed by atoms with Gasteiger partial charge in [-0.3, -0.25) is 4.79 Å². The van der Waals surface area contributed by atoms with Crippen molar-refractivity contribution >= 4 is 28.1 Å². The first-order chi connectivity index (χ1) is 13.8. The van der Waals surface area contributed by atoms with E-state index in [1.807, 2.05) is 10.3 Å². The van der Waals surface area contributed by atoms with Crippen LogP contribution in [0.3, 0.4) is 0 Å². The molecular formula is C22H26N4OS. The second-order valence-corrected chi connectivity index (χ2v) is 8.84. The maximum absolute atomic E-state index is 13.0. The van der Waals surface area contributed by atoms with Gasteiger partial charge in [0, 0.05) is 41.5 Å². The maximum Gasteiger partial charge on any atom is 0.273 e. The fraction of sp³-hybridized carbons (Fsp3) is 0.455. The van der Waals surface area contributed by atoms with E-state index in [0.29, 0.717) is 17.5 Å². The normalized spacial score (nSPS) is 19.4. The molecule has 146 valence electrons. The van der Waals surface area contributed by atoms with Crippen LogP contribution in [0.25, 0.3) is 10.9 Å². The average molecular weight is 395 g/mol. The molecule has 28 heavy (non-hydrogen) atoms. The summed E-state index contributed by atoms with van der Waals surface area (Å²) in [6.07, 6.45) is 6.42. The quantitative estimate of drug-likeness (QED) is 0.703. The lowest BCUT2D eigenvalue weighted by atomic mass is 9.89. The summed E-state index contributed by atoms with van der Waals surface area (Å²) in [6, 6.07) is 8.48. The number of thiazole rings is 1. The average Bonchev–Trinajstić information content (AvgIpc) is 3.42. The van der Waals surface area contributed by atoms with Crippen molar-refractivity contribution in [3.8, 4) is 0 Å². The summed E-state index contributed by atoms with van der Waals surface area (Å²) in [6.45, 7) is 3.72. The summed E-state index contributed by atoms with van der Waals surface area (Å²) in [7, 11) is 0. The summed E-state index contributed by atoms with van der Waals surface area (Å²) in [4.78, 5) is 23.0. The number of nitrogens with one attached hydrogen (secondary N) is 2. The molecule has 2 fully saturated rings. The third-order valence-corrected chi connectivity index (χ3v) is 7.28. The minimum Gasteiger partial charge on any atom is -0.361 e. The Labute approximate surface area is 169 Å². The first-order valence-corrected chi connectivity index (χ1v) is 11.2. The van der Waals surface area contributed by atoms with Crippen LogP contribution < -0.4 is 5.32 Å². The van der Waals surface area contributed by atoms with Gasteiger partial charge < -0.3 is 15.2 Å². The molecule has 1 aromatic carbocycles. The number of carbonyl (C=O) groups excluding carboxylic acids is 1. The molecule has 0 aliphatic carbocycles. The molecule has 2 aromatic heterocycles. The van der Waals surface area contributed by atoms with E-state index in [9.17, 15) is 4.79 Å². The molecule has 5 nitrogen and oxygen atoms in total. The molecule has 5 rings (SSSR count). The Bertz CT molecular complexity index is 964. The van der Waals surface area contributed by atoms with E-state index >= 15 is 0 Å². The Morgan fingerprint density at radius 2 is 1.86 bits per heavy atom. The van der Waals surface area contributed by atoms with E-state index in [-0.39, 0.29) is 5.91 Å². The highest BCUT2D eigenvalue weighted by molar-refractivity contribution is 7.09. The van der Waals surface area contributed by atoms with E-state index < -0.39 is 0 Å². The molecule has 0 spiro atoms. The van der Waals surface area contributed by atoms with E-state index in [4.69, 9.17) is 4.98 Å². The van der Waals surface area contributed by atoms with Crippen LogP contribution in [0.4, 0.5) is 0 Å². The largest absolute Gasteiger partial charge is 0.361 e. The highest BCUT2D eigenvalue weighted by atomic mass is 32.1. The fourth-order valence-corrected chi connectivity index (χ4v) is 5.59. The van der Waals surface area contributed by atoms with E-state index in [1.54, 1.807) is 11.3 Å². The van der Waals surface area contributed by atoms with Gasteiger partial charge in [-0.25, -0.2) is 4.98 Å². The number of hydrogen-bond acceptors (Lipinski definition) is 4. The molecule has 1 amide bonds. The minimum absolute atomic E-state index is 0.105. The highest BCUT2D eigenvalue weighted by Crippen LogP contribution is 2.34. The second-order valence-electron chi connectivity index (χ2n) is 7.95. The lowest BCUT2D eigenvalue weighted by Crippen LogP contribution is -2.38. The Kier molecular flexibility index (Phi) is 4.91. The second kappa shape index (κ2) is 7.68. The number of fused-ring (bicyclic) bond motifs is 1. The van der Waals surface area contributed by atoms with Crippen LogP contribution in [0.15, 0.2) is 35.8 Å². The van der Waals surface area contributed by atoms with Crippen molar-refractivity contribution in [3.05, 3.63) is 52.1 Å². The molecule has 0 unspecified atom stereocenters. The molecule has 2 N–H and O–H groups in total. The van der Waals surface area contributed by atoms with Crippen LogP contribution in [0.2, 0.25) is 0 Å². The Balaban J connectivity index is 1.24. The number of rotatable bonds is 3. The number of piperidine rings is 2. The summed E-state index contributed by atoms with van der Waals surface area (Å²) in [5.74, 6) is 1.13. The van der Waals surface area contributed by atoms with Crippen LogP contribution in [-0.4, -0.2) is 47.0 Å². The van der Waals surface area contributed by atoms with Crippen molar-refractivity contribution in [2.45, 2.75) is 37.5 Å². The van der Waals surface area contributed by atoms with Crippen molar-refractivity contribution in [1.29, 1.82) is 0 Å². The zero-order valence-corrected chi connectivity index (χ0v) is 16.8. The third-order valence-electron chi connectivity index (χ3n) is 6.27. The summed E-state index contributed by atoms with van der Waals surface area (Å²) < 4.78 is 0. The zero-order chi connectivity index (χ0) is 18.9. The lowest BCUT2D eigenvalue weighted by Gasteiger charge is -2.31. The monoisotopic (exact) mass is 394 g/mol. The van der Waals surface area contributed by atoms with E-state index in [2.05, 4.69) is 40.8 Å². The number of carbonyl (C=O) groups is 1. The predicted molar refractivity (Wildman–Crippen MR) is 113 cm³/mol. The number of aromatic amines is 1. The molecule has 2 aliphatic heterocycles. The number of H-pyrrole nitrogens is 1. The summed E-state index contributed by atoms with van der Waals surface area (Å²) in [5.41, 5.74) is 3.23. The topological polar surface area (TPSA) is 61.0 Å². The number of aromatic nitrogens is 2. The molecule has 3 aromatic rings. The summed E-state index contributed by atoms with van der Waals surface area (Å²) in [5, 5.41) is 7.81. The minimum atomic E-state index is 0.105. The van der Waals surface area contributed by atoms with Crippen LogP contribution in [0, 0.1) is 0 Å². The van der Waals surface area contributed by atoms with Crippen LogP contribution >= 0.6 is 11.3 Å². The molecule has 0 radical (unpaired) electrons. The standard InChI is InChI=1S/C22H26N4OS/c27-22(20-14-28-21(25-20)16-5-9-23-10-6-16)26-11-7-15(8-12-26)18-13-24-19-4-2-1-3-17(18)19/h1-4,13-16,23-24H,5-12H2. The highest BCUT2D eigenvalue weighted by Gasteiger charge is 2.28. The molecule has 2 saturated heterocycles. The number of likely N-dealkylation sites (tertiary alicyclic amines) is 1. The molecular weight excluding hydrogens is 368 g/mol. The summed E-state index contributed by atoms with van der Waals surface area (Å²) >= 11 is 1.66. The predicted octanol–water partition coefficient (Wildman–Crippen LogP) is 4.11. The van der Waals surface area contributed by atoms with Gasteiger partial charge in [-0.1, -0.05) is 18.2 Å².